The molecule has 0 saturated heterocycles. The van der Waals surface area contributed by atoms with Gasteiger partial charge < -0.3 is 5.32 Å². The molecule has 0 spiro atoms. The number of rotatable bonds is 5. The molecule has 0 unspecified atom stereocenters. The molecular formula is C13H11ClF2N2O3S2. The van der Waals surface area contributed by atoms with Crippen LogP contribution in [0.1, 0.15) is 0 Å². The van der Waals surface area contributed by atoms with Crippen LogP contribution in [0.3, 0.4) is 0 Å². The van der Waals surface area contributed by atoms with Gasteiger partial charge >= 0.3 is 0 Å². The number of halogens is 3. The number of carbonyl (C=O) groups is 1. The van der Waals surface area contributed by atoms with Crippen molar-refractivity contribution in [3.8, 4) is 0 Å². The number of anilines is 1. The van der Waals surface area contributed by atoms with Gasteiger partial charge in [-0.25, -0.2) is 17.2 Å². The molecular weight excluding hydrogens is 370 g/mol. The van der Waals surface area contributed by atoms with Gasteiger partial charge in [0.2, 0.25) is 5.91 Å². The zero-order valence-electron chi connectivity index (χ0n) is 11.7. The van der Waals surface area contributed by atoms with Crippen molar-refractivity contribution < 1.29 is 22.0 Å². The Kier molecular flexibility index (Phi) is 5.35. The summed E-state index contributed by atoms with van der Waals surface area (Å²) in [5.41, 5.74) is -0.623. The predicted molar refractivity (Wildman–Crippen MR) is 84.1 cm³/mol. The maximum absolute atomic E-state index is 13.5. The Morgan fingerprint density at radius 2 is 1.87 bits per heavy atom. The summed E-state index contributed by atoms with van der Waals surface area (Å²) in [5.74, 6) is -2.77. The van der Waals surface area contributed by atoms with Crippen LogP contribution in [-0.2, 0) is 14.8 Å². The number of nitrogens with zero attached hydrogens (tertiary/aromatic N) is 1. The maximum atomic E-state index is 13.5. The van der Waals surface area contributed by atoms with E-state index in [1.807, 2.05) is 5.32 Å². The van der Waals surface area contributed by atoms with Gasteiger partial charge in [-0.2, -0.15) is 4.31 Å². The fraction of sp³-hybridized carbons (Fsp3) is 0.154. The van der Waals surface area contributed by atoms with Gasteiger partial charge in [-0.3, -0.25) is 4.79 Å². The molecule has 0 aliphatic rings. The van der Waals surface area contributed by atoms with Crippen LogP contribution in [-0.4, -0.2) is 32.2 Å². The summed E-state index contributed by atoms with van der Waals surface area (Å²) in [4.78, 5) is 11.8. The van der Waals surface area contributed by atoms with Crippen LogP contribution < -0.4 is 5.32 Å². The molecule has 0 radical (unpaired) electrons. The van der Waals surface area contributed by atoms with Crippen LogP contribution >= 0.6 is 22.9 Å². The summed E-state index contributed by atoms with van der Waals surface area (Å²) in [6.45, 7) is -0.606. The highest BCUT2D eigenvalue weighted by Gasteiger charge is 2.25. The Morgan fingerprint density at radius 1 is 1.26 bits per heavy atom. The normalized spacial score (nSPS) is 11.7. The van der Waals surface area contributed by atoms with E-state index in [2.05, 4.69) is 0 Å². The van der Waals surface area contributed by atoms with E-state index in [4.69, 9.17) is 11.6 Å². The number of amides is 1. The third-order valence-corrected chi connectivity index (χ3v) is 6.31. The number of sulfonamides is 1. The second-order valence-electron chi connectivity index (χ2n) is 4.46. The lowest BCUT2D eigenvalue weighted by atomic mass is 10.3. The van der Waals surface area contributed by atoms with Crippen molar-refractivity contribution in [2.75, 3.05) is 18.9 Å². The number of carbonyl (C=O) groups excluding carboxylic acids is 1. The molecule has 10 heteroatoms. The number of nitrogens with one attached hydrogen (secondary N) is 1. The quantitative estimate of drug-likeness (QED) is 0.867. The van der Waals surface area contributed by atoms with E-state index in [0.29, 0.717) is 0 Å². The molecule has 23 heavy (non-hydrogen) atoms. The van der Waals surface area contributed by atoms with Crippen molar-refractivity contribution in [1.29, 1.82) is 0 Å². The van der Waals surface area contributed by atoms with Crippen LogP contribution in [0.4, 0.5) is 14.5 Å². The third kappa shape index (κ3) is 4.05. The van der Waals surface area contributed by atoms with Crippen molar-refractivity contribution in [2.24, 2.45) is 0 Å². The fourth-order valence-electron chi connectivity index (χ4n) is 1.67. The zero-order chi connectivity index (χ0) is 17.2. The maximum Gasteiger partial charge on any atom is 0.252 e. The van der Waals surface area contributed by atoms with Crippen LogP contribution in [0, 0.1) is 11.6 Å². The zero-order valence-corrected chi connectivity index (χ0v) is 14.1. The first kappa shape index (κ1) is 17.8. The molecule has 0 fully saturated rings. The first-order chi connectivity index (χ1) is 10.7. The van der Waals surface area contributed by atoms with Crippen molar-refractivity contribution in [3.63, 3.8) is 0 Å². The Labute approximate surface area is 140 Å². The lowest BCUT2D eigenvalue weighted by molar-refractivity contribution is -0.116. The molecule has 0 aliphatic carbocycles. The molecule has 2 aromatic rings. The van der Waals surface area contributed by atoms with Gasteiger partial charge in [-0.05, 0) is 24.3 Å². The van der Waals surface area contributed by atoms with Crippen molar-refractivity contribution >= 4 is 44.6 Å². The van der Waals surface area contributed by atoms with E-state index in [1.54, 1.807) is 0 Å². The molecule has 5 nitrogen and oxygen atoms in total. The molecule has 0 bridgehead atoms. The Balaban J connectivity index is 2.11. The SMILES string of the molecule is CN(CC(=O)Nc1c(F)cccc1F)S(=O)(=O)c1ccc(Cl)s1. The number of benzene rings is 1. The minimum atomic E-state index is -3.91. The molecule has 0 saturated carbocycles. The minimum Gasteiger partial charge on any atom is -0.320 e. The van der Waals surface area contributed by atoms with Crippen molar-refractivity contribution in [1.82, 2.24) is 4.31 Å². The molecule has 2 rings (SSSR count). The minimum absolute atomic E-state index is 0.0325. The van der Waals surface area contributed by atoms with Gasteiger partial charge in [0.15, 0.2) is 0 Å². The lowest BCUT2D eigenvalue weighted by Crippen LogP contribution is -2.34. The summed E-state index contributed by atoms with van der Waals surface area (Å²) in [5, 5.41) is 2.02. The van der Waals surface area contributed by atoms with Gasteiger partial charge in [0.25, 0.3) is 10.0 Å². The number of para-hydroxylation sites is 1. The molecule has 0 atom stereocenters. The average Bonchev–Trinajstić information content (AvgIpc) is 2.90. The van der Waals surface area contributed by atoms with Gasteiger partial charge in [0.05, 0.1) is 10.9 Å². The average molecular weight is 381 g/mol. The Bertz CT molecular complexity index is 819. The topological polar surface area (TPSA) is 66.5 Å². The molecule has 124 valence electrons. The van der Waals surface area contributed by atoms with Crippen LogP contribution in [0.2, 0.25) is 4.34 Å². The molecule has 1 heterocycles. The standard InChI is InChI=1S/C13H11ClF2N2O3S2/c1-18(23(20,21)12-6-5-10(14)22-12)7-11(19)17-13-8(15)3-2-4-9(13)16/h2-6H,7H2,1H3,(H,17,19). The Morgan fingerprint density at radius 3 is 2.39 bits per heavy atom. The number of likely N-dealkylation sites (N-methyl/N-ethyl adjacent to an activating group) is 1. The second kappa shape index (κ2) is 6.91. The van der Waals surface area contributed by atoms with Gasteiger partial charge in [-0.15, -0.1) is 11.3 Å². The fourth-order valence-corrected chi connectivity index (χ4v) is 4.49. The lowest BCUT2D eigenvalue weighted by Gasteiger charge is -2.16. The monoisotopic (exact) mass is 380 g/mol. The van der Waals surface area contributed by atoms with Crippen LogP contribution in [0.5, 0.6) is 0 Å². The summed E-state index contributed by atoms with van der Waals surface area (Å²) < 4.78 is 52.4. The predicted octanol–water partition coefficient (Wildman–Crippen LogP) is 2.94. The Hall–Kier alpha value is -1.55. The second-order valence-corrected chi connectivity index (χ2v) is 8.45. The van der Waals surface area contributed by atoms with Crippen molar-refractivity contribution in [2.45, 2.75) is 4.21 Å². The first-order valence-electron chi connectivity index (χ1n) is 6.17. The summed E-state index contributed by atoms with van der Waals surface area (Å²) in [6.07, 6.45) is 0. The molecule has 1 aromatic carbocycles. The third-order valence-electron chi connectivity index (χ3n) is 2.81. The summed E-state index contributed by atoms with van der Waals surface area (Å²) in [7, 11) is -2.73. The number of thiophene rings is 1. The van der Waals surface area contributed by atoms with Gasteiger partial charge in [-0.1, -0.05) is 17.7 Å². The van der Waals surface area contributed by atoms with Gasteiger partial charge in [0.1, 0.15) is 21.5 Å². The molecule has 1 amide bonds. The van der Waals surface area contributed by atoms with E-state index in [1.165, 1.54) is 19.2 Å². The van der Waals surface area contributed by atoms with E-state index in [-0.39, 0.29) is 8.55 Å². The number of hydrogen-bond donors (Lipinski definition) is 1. The first-order valence-corrected chi connectivity index (χ1v) is 8.81. The van der Waals surface area contributed by atoms with E-state index < -0.39 is 39.8 Å². The molecule has 1 N–H and O–H groups in total. The van der Waals surface area contributed by atoms with Gasteiger partial charge in [0, 0.05) is 7.05 Å². The van der Waals surface area contributed by atoms with Crippen LogP contribution in [0.15, 0.2) is 34.5 Å². The number of hydrogen-bond acceptors (Lipinski definition) is 4. The molecule has 1 aromatic heterocycles. The van der Waals surface area contributed by atoms with E-state index in [0.717, 1.165) is 33.8 Å². The summed E-state index contributed by atoms with van der Waals surface area (Å²) in [6, 6.07) is 5.84. The van der Waals surface area contributed by atoms with E-state index in [9.17, 15) is 22.0 Å². The highest BCUT2D eigenvalue weighted by Crippen LogP contribution is 2.27. The van der Waals surface area contributed by atoms with Crippen molar-refractivity contribution in [3.05, 3.63) is 46.3 Å². The largest absolute Gasteiger partial charge is 0.320 e. The summed E-state index contributed by atoms with van der Waals surface area (Å²) >= 11 is 6.54. The van der Waals surface area contributed by atoms with E-state index >= 15 is 0 Å². The van der Waals surface area contributed by atoms with Crippen LogP contribution in [0.25, 0.3) is 0 Å². The highest BCUT2D eigenvalue weighted by atomic mass is 35.5. The smallest absolute Gasteiger partial charge is 0.252 e. The highest BCUT2D eigenvalue weighted by molar-refractivity contribution is 7.91. The molecule has 0 aliphatic heterocycles.